The highest BCUT2D eigenvalue weighted by molar-refractivity contribution is 5.26. The maximum absolute atomic E-state index is 10.3. The molecule has 0 bridgehead atoms. The van der Waals surface area contributed by atoms with E-state index in [4.69, 9.17) is 0 Å². The van der Waals surface area contributed by atoms with E-state index in [2.05, 4.69) is 45.1 Å². The van der Waals surface area contributed by atoms with Gasteiger partial charge in [-0.2, -0.15) is 0 Å². The Morgan fingerprint density at radius 2 is 1.68 bits per heavy atom. The first kappa shape index (κ1) is 24.7. The Bertz CT molecular complexity index is 698. The number of fused-ring (bicyclic) bond motifs is 1. The van der Waals surface area contributed by atoms with Gasteiger partial charge in [-0.3, -0.25) is 0 Å². The highest BCUT2D eigenvalue weighted by Gasteiger charge is 2.50. The van der Waals surface area contributed by atoms with Crippen LogP contribution in [-0.4, -0.2) is 33.1 Å². The van der Waals surface area contributed by atoms with Crippen LogP contribution in [0.5, 0.6) is 0 Å². The van der Waals surface area contributed by atoms with E-state index in [9.17, 15) is 15.3 Å². The summed E-state index contributed by atoms with van der Waals surface area (Å²) in [6, 6.07) is 0. The summed E-state index contributed by atoms with van der Waals surface area (Å²) in [6.07, 6.45) is 15.9. The minimum absolute atomic E-state index is 0.0352. The summed E-state index contributed by atoms with van der Waals surface area (Å²) in [5.74, 6) is 1.95. The van der Waals surface area contributed by atoms with E-state index >= 15 is 0 Å². The maximum Gasteiger partial charge on any atom is 0.0651 e. The second-order valence-corrected chi connectivity index (χ2v) is 11.8. The van der Waals surface area contributed by atoms with Gasteiger partial charge in [0.1, 0.15) is 0 Å². The predicted octanol–water partition coefficient (Wildman–Crippen LogP) is 5.81. The second kappa shape index (κ2) is 9.53. The molecule has 31 heavy (non-hydrogen) atoms. The molecule has 3 aliphatic rings. The molecule has 0 aromatic rings. The molecule has 0 aromatic heterocycles. The van der Waals surface area contributed by atoms with Crippen molar-refractivity contribution < 1.29 is 15.3 Å². The van der Waals surface area contributed by atoms with Gasteiger partial charge in [-0.05, 0) is 82.0 Å². The number of hydrogen-bond acceptors (Lipinski definition) is 3. The number of aliphatic hydroxyl groups is 3. The molecule has 0 aliphatic heterocycles. The Kier molecular flexibility index (Phi) is 7.61. The zero-order valence-electron chi connectivity index (χ0n) is 20.6. The molecule has 0 heterocycles. The summed E-state index contributed by atoms with van der Waals surface area (Å²) >= 11 is 0. The van der Waals surface area contributed by atoms with Crippen molar-refractivity contribution in [1.29, 1.82) is 0 Å². The zero-order valence-corrected chi connectivity index (χ0v) is 20.6. The van der Waals surface area contributed by atoms with E-state index in [0.717, 1.165) is 0 Å². The van der Waals surface area contributed by atoms with Gasteiger partial charge in [0.25, 0.3) is 0 Å². The molecule has 7 atom stereocenters. The monoisotopic (exact) mass is 430 g/mol. The molecule has 3 nitrogen and oxygen atoms in total. The summed E-state index contributed by atoms with van der Waals surface area (Å²) in [5.41, 5.74) is 2.42. The molecule has 2 unspecified atom stereocenters. The highest BCUT2D eigenvalue weighted by Crippen LogP contribution is 2.59. The second-order valence-electron chi connectivity index (χ2n) is 11.8. The normalized spacial score (nSPS) is 40.2. The lowest BCUT2D eigenvalue weighted by Crippen LogP contribution is -2.36. The Morgan fingerprint density at radius 3 is 2.29 bits per heavy atom. The van der Waals surface area contributed by atoms with E-state index in [1.165, 1.54) is 37.7 Å². The zero-order chi connectivity index (χ0) is 23.0. The van der Waals surface area contributed by atoms with Crippen LogP contribution in [0.25, 0.3) is 0 Å². The standard InChI is InChI=1S/C28H46O3/c1-18(9-10-19(2)27(4,5)31)23-13-14-24-22(8-7-15-28(23,24)6)12-11-21-16-25(29)20(3)26(30)17-21/h9-12,18-20,23-26,29-31H,7-8,13-17H2,1-6H3/b10-9+,21-11?,22-12+/t18-,19-,20?,23?,24?,25+,26+,28+/m0/s1. The van der Waals surface area contributed by atoms with Crippen molar-refractivity contribution in [3.05, 3.63) is 35.5 Å². The SMILES string of the molecule is CC1[C@H](O)CC(=C/C=C2\CCC[C@@]3(C)C2CCC3[C@@H](C)/C=C/[C@H](C)C(C)(C)O)C[C@H]1O. The van der Waals surface area contributed by atoms with E-state index in [-0.39, 0.29) is 11.8 Å². The molecular formula is C28H46O3. The van der Waals surface area contributed by atoms with Gasteiger partial charge in [0, 0.05) is 11.8 Å². The van der Waals surface area contributed by atoms with Crippen LogP contribution in [0.2, 0.25) is 0 Å². The Labute approximate surface area is 190 Å². The summed E-state index contributed by atoms with van der Waals surface area (Å²) in [5, 5.41) is 30.7. The van der Waals surface area contributed by atoms with Crippen LogP contribution in [0.4, 0.5) is 0 Å². The Balaban J connectivity index is 1.73. The summed E-state index contributed by atoms with van der Waals surface area (Å²) in [7, 11) is 0. The number of hydrogen-bond donors (Lipinski definition) is 3. The van der Waals surface area contributed by atoms with Crippen molar-refractivity contribution >= 4 is 0 Å². The van der Waals surface area contributed by atoms with Gasteiger partial charge in [0.05, 0.1) is 17.8 Å². The van der Waals surface area contributed by atoms with Crippen LogP contribution in [0, 0.1) is 35.0 Å². The molecular weight excluding hydrogens is 384 g/mol. The fraction of sp³-hybridized carbons (Fsp3) is 0.786. The first-order valence-corrected chi connectivity index (χ1v) is 12.6. The third-order valence-electron chi connectivity index (χ3n) is 9.18. The van der Waals surface area contributed by atoms with Crippen molar-refractivity contribution in [2.24, 2.45) is 35.0 Å². The fourth-order valence-electron chi connectivity index (χ4n) is 6.46. The van der Waals surface area contributed by atoms with Gasteiger partial charge in [-0.1, -0.05) is 63.1 Å². The molecule has 3 fully saturated rings. The van der Waals surface area contributed by atoms with Crippen molar-refractivity contribution in [2.45, 2.75) is 104 Å². The largest absolute Gasteiger partial charge is 0.392 e. The number of rotatable bonds is 5. The molecule has 3 aliphatic carbocycles. The van der Waals surface area contributed by atoms with E-state index in [1.807, 2.05) is 20.8 Å². The molecule has 3 saturated carbocycles. The smallest absolute Gasteiger partial charge is 0.0651 e. The summed E-state index contributed by atoms with van der Waals surface area (Å²) < 4.78 is 0. The molecule has 0 amide bonds. The lowest BCUT2D eigenvalue weighted by Gasteiger charge is -2.44. The van der Waals surface area contributed by atoms with Crippen LogP contribution < -0.4 is 0 Å². The van der Waals surface area contributed by atoms with Crippen molar-refractivity contribution in [3.63, 3.8) is 0 Å². The fourth-order valence-corrected chi connectivity index (χ4v) is 6.46. The number of allylic oxidation sites excluding steroid dienone is 4. The van der Waals surface area contributed by atoms with Gasteiger partial charge in [-0.15, -0.1) is 0 Å². The van der Waals surface area contributed by atoms with E-state index in [0.29, 0.717) is 36.0 Å². The van der Waals surface area contributed by atoms with Crippen LogP contribution in [0.3, 0.4) is 0 Å². The van der Waals surface area contributed by atoms with Gasteiger partial charge in [0.2, 0.25) is 0 Å². The molecule has 0 spiro atoms. The molecule has 176 valence electrons. The third kappa shape index (κ3) is 5.37. The first-order chi connectivity index (χ1) is 14.4. The quantitative estimate of drug-likeness (QED) is 0.483. The topological polar surface area (TPSA) is 60.7 Å². The van der Waals surface area contributed by atoms with Crippen LogP contribution in [0.1, 0.15) is 86.5 Å². The molecule has 3 N–H and O–H groups in total. The van der Waals surface area contributed by atoms with E-state index in [1.54, 1.807) is 5.57 Å². The minimum Gasteiger partial charge on any atom is -0.392 e. The maximum atomic E-state index is 10.3. The molecule has 0 saturated heterocycles. The average Bonchev–Trinajstić information content (AvgIpc) is 3.05. The van der Waals surface area contributed by atoms with E-state index < -0.39 is 17.8 Å². The van der Waals surface area contributed by atoms with Gasteiger partial charge >= 0.3 is 0 Å². The lowest BCUT2D eigenvalue weighted by molar-refractivity contribution is 0.00406. The van der Waals surface area contributed by atoms with Crippen LogP contribution in [0.15, 0.2) is 35.5 Å². The van der Waals surface area contributed by atoms with Gasteiger partial charge < -0.3 is 15.3 Å². The number of aliphatic hydroxyl groups excluding tert-OH is 2. The lowest BCUT2D eigenvalue weighted by atomic mass is 9.61. The van der Waals surface area contributed by atoms with Crippen LogP contribution >= 0.6 is 0 Å². The van der Waals surface area contributed by atoms with Gasteiger partial charge in [-0.25, -0.2) is 0 Å². The van der Waals surface area contributed by atoms with Gasteiger partial charge in [0.15, 0.2) is 0 Å². The molecule has 3 heteroatoms. The third-order valence-corrected chi connectivity index (χ3v) is 9.18. The highest BCUT2D eigenvalue weighted by atomic mass is 16.3. The first-order valence-electron chi connectivity index (χ1n) is 12.6. The van der Waals surface area contributed by atoms with Crippen molar-refractivity contribution in [3.8, 4) is 0 Å². The average molecular weight is 431 g/mol. The summed E-state index contributed by atoms with van der Waals surface area (Å²) in [4.78, 5) is 0. The Morgan fingerprint density at radius 1 is 1.03 bits per heavy atom. The predicted molar refractivity (Wildman–Crippen MR) is 129 cm³/mol. The molecule has 0 radical (unpaired) electrons. The molecule has 0 aromatic carbocycles. The molecule has 3 rings (SSSR count). The van der Waals surface area contributed by atoms with Crippen molar-refractivity contribution in [2.75, 3.05) is 0 Å². The minimum atomic E-state index is -0.676. The van der Waals surface area contributed by atoms with Crippen molar-refractivity contribution in [1.82, 2.24) is 0 Å². The Hall–Kier alpha value is -0.900. The van der Waals surface area contributed by atoms with Crippen LogP contribution in [-0.2, 0) is 0 Å². The summed E-state index contributed by atoms with van der Waals surface area (Å²) in [6.45, 7) is 12.7.